The molecule has 1 N–H and O–H groups in total. The summed E-state index contributed by atoms with van der Waals surface area (Å²) >= 11 is 0. The summed E-state index contributed by atoms with van der Waals surface area (Å²) in [6, 6.07) is 13.3. The van der Waals surface area contributed by atoms with Crippen LogP contribution in [-0.4, -0.2) is 25.1 Å². The highest BCUT2D eigenvalue weighted by Crippen LogP contribution is 2.26. The molecule has 0 saturated heterocycles. The lowest BCUT2D eigenvalue weighted by molar-refractivity contribution is -0.143. The Morgan fingerprint density at radius 3 is 2.77 bits per heavy atom. The number of fused-ring (bicyclic) bond motifs is 1. The number of carbonyl (C=O) groups is 2. The molecule has 0 spiro atoms. The Balaban J connectivity index is 1.60. The van der Waals surface area contributed by atoms with E-state index < -0.39 is 5.97 Å². The molecule has 5 heteroatoms. The lowest BCUT2D eigenvalue weighted by atomic mass is 10.1. The first-order chi connectivity index (χ1) is 12.6. The number of esters is 1. The number of hydrogen-bond donors (Lipinski definition) is 1. The number of rotatable bonds is 5. The molecule has 0 radical (unpaired) electrons. The van der Waals surface area contributed by atoms with Gasteiger partial charge in [0.25, 0.3) is 5.91 Å². The average Bonchev–Trinajstić information content (AvgIpc) is 2.67. The van der Waals surface area contributed by atoms with E-state index in [0.717, 1.165) is 34.5 Å². The monoisotopic (exact) mass is 351 g/mol. The van der Waals surface area contributed by atoms with E-state index in [1.165, 1.54) is 0 Å². The van der Waals surface area contributed by atoms with Gasteiger partial charge in [0.05, 0.1) is 5.57 Å². The van der Waals surface area contributed by atoms with Crippen molar-refractivity contribution in [3.8, 4) is 5.75 Å². The third-order valence-corrected chi connectivity index (χ3v) is 4.23. The highest BCUT2D eigenvalue weighted by Gasteiger charge is 2.19. The summed E-state index contributed by atoms with van der Waals surface area (Å²) < 4.78 is 10.7. The van der Waals surface area contributed by atoms with E-state index in [-0.39, 0.29) is 19.1 Å². The van der Waals surface area contributed by atoms with E-state index in [1.807, 2.05) is 56.3 Å². The molecule has 1 aliphatic rings. The Bertz CT molecular complexity index is 870. The van der Waals surface area contributed by atoms with Crippen LogP contribution in [0, 0.1) is 6.92 Å². The van der Waals surface area contributed by atoms with Crippen LogP contribution < -0.4 is 10.1 Å². The first-order valence-corrected chi connectivity index (χ1v) is 8.56. The fraction of sp³-hybridized carbons (Fsp3) is 0.238. The number of benzene rings is 2. The molecule has 1 amide bonds. The van der Waals surface area contributed by atoms with Gasteiger partial charge in [0, 0.05) is 11.3 Å². The summed E-state index contributed by atoms with van der Waals surface area (Å²) in [5.41, 5.74) is 4.02. The Hall–Kier alpha value is -3.08. The van der Waals surface area contributed by atoms with E-state index in [2.05, 4.69) is 5.32 Å². The number of carbonyl (C=O) groups excluding carboxylic acids is 2. The van der Waals surface area contributed by atoms with Crippen molar-refractivity contribution in [3.05, 3.63) is 64.7 Å². The van der Waals surface area contributed by atoms with Crippen LogP contribution in [0.4, 0.5) is 5.69 Å². The lowest BCUT2D eigenvalue weighted by Crippen LogP contribution is -2.24. The maximum absolute atomic E-state index is 12.2. The molecule has 0 atom stereocenters. The van der Waals surface area contributed by atoms with E-state index in [4.69, 9.17) is 9.47 Å². The van der Waals surface area contributed by atoms with Gasteiger partial charge in [-0.1, -0.05) is 43.3 Å². The van der Waals surface area contributed by atoms with Crippen molar-refractivity contribution < 1.29 is 19.1 Å². The number of amides is 1. The molecule has 5 nitrogen and oxygen atoms in total. The third kappa shape index (κ3) is 3.94. The van der Waals surface area contributed by atoms with E-state index in [1.54, 1.807) is 6.08 Å². The van der Waals surface area contributed by atoms with Crippen molar-refractivity contribution in [2.75, 3.05) is 18.5 Å². The van der Waals surface area contributed by atoms with Crippen LogP contribution in [0.2, 0.25) is 0 Å². The summed E-state index contributed by atoms with van der Waals surface area (Å²) in [6.07, 6.45) is 2.54. The summed E-state index contributed by atoms with van der Waals surface area (Å²) in [7, 11) is 0. The highest BCUT2D eigenvalue weighted by molar-refractivity contribution is 5.98. The Morgan fingerprint density at radius 2 is 1.96 bits per heavy atom. The second-order valence-electron chi connectivity index (χ2n) is 6.08. The molecule has 1 heterocycles. The molecule has 134 valence electrons. The first kappa shape index (κ1) is 17.7. The van der Waals surface area contributed by atoms with Crippen molar-refractivity contribution in [1.82, 2.24) is 0 Å². The molecule has 26 heavy (non-hydrogen) atoms. The van der Waals surface area contributed by atoms with Crippen LogP contribution in [-0.2, 0) is 20.7 Å². The van der Waals surface area contributed by atoms with Gasteiger partial charge in [-0.3, -0.25) is 4.79 Å². The van der Waals surface area contributed by atoms with Crippen molar-refractivity contribution in [2.45, 2.75) is 20.3 Å². The number of ether oxygens (including phenoxy) is 2. The lowest BCUT2D eigenvalue weighted by Gasteiger charge is -2.17. The van der Waals surface area contributed by atoms with Crippen molar-refractivity contribution >= 4 is 23.6 Å². The van der Waals surface area contributed by atoms with Gasteiger partial charge in [0.1, 0.15) is 12.4 Å². The molecule has 3 rings (SSSR count). The SMILES string of the molecule is CCc1cccc(C)c1NC(=O)COC(=O)C1=Cc2ccccc2OC1. The van der Waals surface area contributed by atoms with Crippen molar-refractivity contribution in [2.24, 2.45) is 0 Å². The zero-order chi connectivity index (χ0) is 18.5. The minimum atomic E-state index is -0.546. The molecule has 0 unspecified atom stereocenters. The van der Waals surface area contributed by atoms with Crippen molar-refractivity contribution in [3.63, 3.8) is 0 Å². The molecule has 0 aromatic heterocycles. The Morgan fingerprint density at radius 1 is 1.15 bits per heavy atom. The zero-order valence-corrected chi connectivity index (χ0v) is 14.9. The molecule has 0 fully saturated rings. The van der Waals surface area contributed by atoms with Gasteiger partial charge in [-0.2, -0.15) is 0 Å². The maximum atomic E-state index is 12.2. The number of anilines is 1. The minimum absolute atomic E-state index is 0.134. The third-order valence-electron chi connectivity index (χ3n) is 4.23. The predicted octanol–water partition coefficient (Wildman–Crippen LogP) is 3.52. The van der Waals surface area contributed by atoms with Crippen LogP contribution in [0.1, 0.15) is 23.6 Å². The number of para-hydroxylation sites is 2. The topological polar surface area (TPSA) is 64.6 Å². The summed E-state index contributed by atoms with van der Waals surface area (Å²) in [6.45, 7) is 3.75. The quantitative estimate of drug-likeness (QED) is 0.837. The van der Waals surface area contributed by atoms with Crippen LogP contribution in [0.3, 0.4) is 0 Å². The minimum Gasteiger partial charge on any atom is -0.488 e. The summed E-state index contributed by atoms with van der Waals surface area (Å²) in [4.78, 5) is 24.4. The molecular formula is C21H21NO4. The van der Waals surface area contributed by atoms with Crippen LogP contribution in [0.15, 0.2) is 48.0 Å². The van der Waals surface area contributed by atoms with Gasteiger partial charge in [-0.15, -0.1) is 0 Å². The number of aryl methyl sites for hydroxylation is 2. The van der Waals surface area contributed by atoms with E-state index in [0.29, 0.717) is 5.57 Å². The average molecular weight is 351 g/mol. The Kier molecular flexibility index (Phi) is 5.37. The first-order valence-electron chi connectivity index (χ1n) is 8.56. The molecule has 2 aromatic carbocycles. The van der Waals surface area contributed by atoms with Gasteiger partial charge in [-0.05, 0) is 36.6 Å². The van der Waals surface area contributed by atoms with Gasteiger partial charge >= 0.3 is 5.97 Å². The molecule has 0 bridgehead atoms. The fourth-order valence-electron chi connectivity index (χ4n) is 2.84. The van der Waals surface area contributed by atoms with Crippen molar-refractivity contribution in [1.29, 1.82) is 0 Å². The van der Waals surface area contributed by atoms with Crippen LogP contribution >= 0.6 is 0 Å². The summed E-state index contributed by atoms with van der Waals surface area (Å²) in [5, 5.41) is 2.84. The smallest absolute Gasteiger partial charge is 0.338 e. The highest BCUT2D eigenvalue weighted by atomic mass is 16.5. The van der Waals surface area contributed by atoms with Gasteiger partial charge in [0.15, 0.2) is 6.61 Å². The largest absolute Gasteiger partial charge is 0.488 e. The second-order valence-corrected chi connectivity index (χ2v) is 6.08. The molecule has 0 saturated carbocycles. The van der Waals surface area contributed by atoms with Gasteiger partial charge in [-0.25, -0.2) is 4.79 Å². The number of hydrogen-bond acceptors (Lipinski definition) is 4. The molecule has 0 aliphatic carbocycles. The van der Waals surface area contributed by atoms with E-state index in [9.17, 15) is 9.59 Å². The molecular weight excluding hydrogens is 330 g/mol. The summed E-state index contributed by atoms with van der Waals surface area (Å²) in [5.74, 6) is -0.177. The Labute approximate surface area is 152 Å². The van der Waals surface area contributed by atoms with Gasteiger partial charge < -0.3 is 14.8 Å². The normalized spacial score (nSPS) is 12.5. The zero-order valence-electron chi connectivity index (χ0n) is 14.9. The molecule has 2 aromatic rings. The second kappa shape index (κ2) is 7.87. The number of nitrogens with one attached hydrogen (secondary N) is 1. The molecule has 1 aliphatic heterocycles. The standard InChI is InChI=1S/C21H21NO4/c1-3-15-9-6-7-14(2)20(15)22-19(23)13-26-21(24)17-11-16-8-4-5-10-18(16)25-12-17/h4-11H,3,12-13H2,1-2H3,(H,22,23). The predicted molar refractivity (Wildman–Crippen MR) is 100 cm³/mol. The van der Waals surface area contributed by atoms with E-state index >= 15 is 0 Å². The fourth-order valence-corrected chi connectivity index (χ4v) is 2.84. The maximum Gasteiger partial charge on any atom is 0.338 e. The van der Waals surface area contributed by atoms with Crippen LogP contribution in [0.25, 0.3) is 6.08 Å². The van der Waals surface area contributed by atoms with Crippen LogP contribution in [0.5, 0.6) is 5.75 Å². The van der Waals surface area contributed by atoms with Gasteiger partial charge in [0.2, 0.25) is 0 Å².